The number of carboxylic acids is 1. The van der Waals surface area contributed by atoms with Crippen molar-refractivity contribution in [1.82, 2.24) is 10.2 Å². The highest BCUT2D eigenvalue weighted by molar-refractivity contribution is 5.78. The summed E-state index contributed by atoms with van der Waals surface area (Å²) in [6, 6.07) is 0. The number of aliphatic carboxylic acids is 1. The average molecular weight is 282 g/mol. The number of likely N-dealkylation sites (tertiary alicyclic amines) is 1. The van der Waals surface area contributed by atoms with E-state index in [1.165, 1.54) is 44.9 Å². The van der Waals surface area contributed by atoms with Gasteiger partial charge in [-0.25, -0.2) is 0 Å². The van der Waals surface area contributed by atoms with Crippen LogP contribution in [0.15, 0.2) is 0 Å². The zero-order valence-electron chi connectivity index (χ0n) is 13.1. The summed E-state index contributed by atoms with van der Waals surface area (Å²) in [4.78, 5) is 13.7. The first-order valence-electron chi connectivity index (χ1n) is 8.14. The van der Waals surface area contributed by atoms with Crippen molar-refractivity contribution in [3.8, 4) is 0 Å². The summed E-state index contributed by atoms with van der Waals surface area (Å²) in [5.41, 5.74) is -0.159. The lowest BCUT2D eigenvalue weighted by Crippen LogP contribution is -2.50. The highest BCUT2D eigenvalue weighted by Gasteiger charge is 2.36. The van der Waals surface area contributed by atoms with Crippen molar-refractivity contribution in [2.45, 2.75) is 63.8 Å². The molecule has 2 fully saturated rings. The molecule has 4 nitrogen and oxygen atoms in total. The SMILES string of the molecule is CNC(C)(CCN1CCC2(CCCCC2)CC1)C(=O)O. The summed E-state index contributed by atoms with van der Waals surface area (Å²) >= 11 is 0. The smallest absolute Gasteiger partial charge is 0.323 e. The van der Waals surface area contributed by atoms with Gasteiger partial charge >= 0.3 is 5.97 Å². The number of hydrogen-bond donors (Lipinski definition) is 2. The standard InChI is InChI=1S/C16H30N2O2/c1-15(17-2,14(19)20)8-11-18-12-9-16(10-13-18)6-4-3-5-7-16/h17H,3-13H2,1-2H3,(H,19,20). The fraction of sp³-hybridized carbons (Fsp3) is 0.938. The molecule has 116 valence electrons. The summed E-state index contributed by atoms with van der Waals surface area (Å²) in [6.45, 7) is 4.97. The van der Waals surface area contributed by atoms with E-state index in [4.69, 9.17) is 0 Å². The van der Waals surface area contributed by atoms with Crippen LogP contribution in [0.3, 0.4) is 0 Å². The van der Waals surface area contributed by atoms with Crippen LogP contribution in [0.4, 0.5) is 0 Å². The molecule has 1 spiro atoms. The zero-order chi connectivity index (χ0) is 14.6. The summed E-state index contributed by atoms with van der Waals surface area (Å²) in [5.74, 6) is -0.749. The Morgan fingerprint density at radius 2 is 1.80 bits per heavy atom. The van der Waals surface area contributed by atoms with Gasteiger partial charge in [0.25, 0.3) is 0 Å². The molecular formula is C16H30N2O2. The molecule has 2 rings (SSSR count). The second kappa shape index (κ2) is 6.44. The molecule has 0 aromatic rings. The van der Waals surface area contributed by atoms with Gasteiger partial charge in [0, 0.05) is 6.54 Å². The lowest BCUT2D eigenvalue weighted by atomic mass is 9.68. The molecule has 1 aliphatic heterocycles. The molecule has 0 aromatic carbocycles. The summed E-state index contributed by atoms with van der Waals surface area (Å²) in [6.07, 6.45) is 10.4. The van der Waals surface area contributed by atoms with Crippen molar-refractivity contribution in [3.63, 3.8) is 0 Å². The highest BCUT2D eigenvalue weighted by Crippen LogP contribution is 2.44. The predicted molar refractivity (Wildman–Crippen MR) is 80.9 cm³/mol. The summed E-state index contributed by atoms with van der Waals surface area (Å²) < 4.78 is 0. The molecule has 1 saturated carbocycles. The van der Waals surface area contributed by atoms with Crippen LogP contribution in [0.1, 0.15) is 58.3 Å². The molecule has 1 aliphatic carbocycles. The van der Waals surface area contributed by atoms with Crippen LogP contribution in [0, 0.1) is 5.41 Å². The van der Waals surface area contributed by atoms with Crippen LogP contribution in [0.25, 0.3) is 0 Å². The maximum Gasteiger partial charge on any atom is 0.323 e. The van der Waals surface area contributed by atoms with Gasteiger partial charge in [0.05, 0.1) is 0 Å². The third-order valence-corrected chi connectivity index (χ3v) is 5.78. The van der Waals surface area contributed by atoms with E-state index in [2.05, 4.69) is 10.2 Å². The Kier molecular flexibility index (Phi) is 5.08. The molecule has 2 N–H and O–H groups in total. The molecule has 4 heteroatoms. The Labute approximate surface area is 122 Å². The Morgan fingerprint density at radius 1 is 1.20 bits per heavy atom. The van der Waals surface area contributed by atoms with E-state index in [9.17, 15) is 9.90 Å². The topological polar surface area (TPSA) is 52.6 Å². The van der Waals surface area contributed by atoms with Crippen LogP contribution in [-0.2, 0) is 4.79 Å². The molecule has 2 aliphatic rings. The third kappa shape index (κ3) is 3.53. The molecule has 1 heterocycles. The van der Waals surface area contributed by atoms with Gasteiger partial charge in [-0.2, -0.15) is 0 Å². The van der Waals surface area contributed by atoms with Gasteiger partial charge in [0.1, 0.15) is 5.54 Å². The van der Waals surface area contributed by atoms with Crippen molar-refractivity contribution in [3.05, 3.63) is 0 Å². The van der Waals surface area contributed by atoms with Gasteiger partial charge in [-0.1, -0.05) is 19.3 Å². The molecule has 20 heavy (non-hydrogen) atoms. The summed E-state index contributed by atoms with van der Waals surface area (Å²) in [7, 11) is 1.74. The lowest BCUT2D eigenvalue weighted by Gasteiger charge is -2.44. The van der Waals surface area contributed by atoms with Gasteiger partial charge in [0.2, 0.25) is 0 Å². The van der Waals surface area contributed by atoms with Crippen molar-refractivity contribution < 1.29 is 9.90 Å². The molecule has 1 saturated heterocycles. The van der Waals surface area contributed by atoms with Crippen LogP contribution in [0.2, 0.25) is 0 Å². The molecule has 1 unspecified atom stereocenters. The largest absolute Gasteiger partial charge is 0.480 e. The number of likely N-dealkylation sites (N-methyl/N-ethyl adjacent to an activating group) is 1. The fourth-order valence-electron chi connectivity index (χ4n) is 3.77. The van der Waals surface area contributed by atoms with Crippen molar-refractivity contribution in [1.29, 1.82) is 0 Å². The van der Waals surface area contributed by atoms with E-state index in [1.807, 2.05) is 0 Å². The number of carboxylic acid groups (broad SMARTS) is 1. The monoisotopic (exact) mass is 282 g/mol. The molecule has 0 bridgehead atoms. The maximum absolute atomic E-state index is 11.3. The number of hydrogen-bond acceptors (Lipinski definition) is 3. The molecule has 1 atom stereocenters. The minimum atomic E-state index is -0.792. The molecular weight excluding hydrogens is 252 g/mol. The highest BCUT2D eigenvalue weighted by atomic mass is 16.4. The quantitative estimate of drug-likeness (QED) is 0.813. The Hall–Kier alpha value is -0.610. The van der Waals surface area contributed by atoms with Gasteiger partial charge < -0.3 is 15.3 Å². The maximum atomic E-state index is 11.3. The first kappa shape index (κ1) is 15.8. The third-order valence-electron chi connectivity index (χ3n) is 5.78. The fourth-order valence-corrected chi connectivity index (χ4v) is 3.77. The van der Waals surface area contributed by atoms with Crippen molar-refractivity contribution >= 4 is 5.97 Å². The first-order chi connectivity index (χ1) is 9.50. The van der Waals surface area contributed by atoms with Gasteiger partial charge in [-0.05, 0) is 64.6 Å². The van der Waals surface area contributed by atoms with E-state index in [1.54, 1.807) is 14.0 Å². The number of piperidine rings is 1. The van der Waals surface area contributed by atoms with Crippen molar-refractivity contribution in [2.75, 3.05) is 26.7 Å². The van der Waals surface area contributed by atoms with Crippen LogP contribution in [0.5, 0.6) is 0 Å². The normalized spacial score (nSPS) is 26.3. The van der Waals surface area contributed by atoms with E-state index in [-0.39, 0.29) is 0 Å². The Bertz CT molecular complexity index is 329. The average Bonchev–Trinajstić information content (AvgIpc) is 2.47. The van der Waals surface area contributed by atoms with Gasteiger partial charge in [0.15, 0.2) is 0 Å². The molecule has 0 aromatic heterocycles. The second-order valence-corrected chi connectivity index (χ2v) is 7.04. The van der Waals surface area contributed by atoms with Crippen LogP contribution >= 0.6 is 0 Å². The second-order valence-electron chi connectivity index (χ2n) is 7.04. The zero-order valence-corrected chi connectivity index (χ0v) is 13.1. The van der Waals surface area contributed by atoms with Gasteiger partial charge in [-0.3, -0.25) is 4.79 Å². The number of nitrogens with one attached hydrogen (secondary N) is 1. The van der Waals surface area contributed by atoms with Gasteiger partial charge in [-0.15, -0.1) is 0 Å². The number of carbonyl (C=O) groups is 1. The lowest BCUT2D eigenvalue weighted by molar-refractivity contribution is -0.144. The predicted octanol–water partition coefficient (Wildman–Crippen LogP) is 2.49. The van der Waals surface area contributed by atoms with E-state index in [0.29, 0.717) is 11.8 Å². The summed E-state index contributed by atoms with van der Waals surface area (Å²) in [5, 5.41) is 12.2. The van der Waals surface area contributed by atoms with Crippen LogP contribution in [-0.4, -0.2) is 48.2 Å². The van der Waals surface area contributed by atoms with Crippen molar-refractivity contribution in [2.24, 2.45) is 5.41 Å². The van der Waals surface area contributed by atoms with Crippen LogP contribution < -0.4 is 5.32 Å². The molecule has 0 radical (unpaired) electrons. The first-order valence-corrected chi connectivity index (χ1v) is 8.14. The van der Waals surface area contributed by atoms with E-state index >= 15 is 0 Å². The Balaban J connectivity index is 1.78. The number of rotatable bonds is 5. The molecule has 0 amide bonds. The van der Waals surface area contributed by atoms with E-state index in [0.717, 1.165) is 19.6 Å². The number of nitrogens with zero attached hydrogens (tertiary/aromatic N) is 1. The minimum absolute atomic E-state index is 0.633. The Morgan fingerprint density at radius 3 is 2.30 bits per heavy atom. The van der Waals surface area contributed by atoms with E-state index < -0.39 is 11.5 Å². The minimum Gasteiger partial charge on any atom is -0.480 e.